The number of benzene rings is 1. The summed E-state index contributed by atoms with van der Waals surface area (Å²) in [6, 6.07) is 6.83. The number of nitrogens with zero attached hydrogens (tertiary/aromatic N) is 2. The van der Waals surface area contributed by atoms with Gasteiger partial charge in [0.05, 0.1) is 0 Å². The zero-order valence-corrected chi connectivity index (χ0v) is 10.8. The second-order valence-electron chi connectivity index (χ2n) is 4.85. The van der Waals surface area contributed by atoms with E-state index in [0.29, 0.717) is 0 Å². The molecule has 0 radical (unpaired) electrons. The average Bonchev–Trinajstić information content (AvgIpc) is 2.59. The van der Waals surface area contributed by atoms with Crippen molar-refractivity contribution in [2.75, 3.05) is 32.7 Å². The van der Waals surface area contributed by atoms with Gasteiger partial charge < -0.3 is 0 Å². The van der Waals surface area contributed by atoms with Crippen LogP contribution in [0, 0.1) is 5.82 Å². The summed E-state index contributed by atoms with van der Waals surface area (Å²) in [4.78, 5) is 4.87. The highest BCUT2D eigenvalue weighted by Gasteiger charge is 2.13. The maximum atomic E-state index is 12.8. The van der Waals surface area contributed by atoms with Gasteiger partial charge in [-0.1, -0.05) is 18.2 Å². The highest BCUT2D eigenvalue weighted by Crippen LogP contribution is 2.10. The monoisotopic (exact) mass is 248 g/mol. The van der Waals surface area contributed by atoms with Gasteiger partial charge in [0.2, 0.25) is 0 Å². The van der Waals surface area contributed by atoms with Gasteiger partial charge in [0.25, 0.3) is 0 Å². The van der Waals surface area contributed by atoms with E-state index in [1.807, 2.05) is 18.2 Å². The van der Waals surface area contributed by atoms with Crippen molar-refractivity contribution in [3.8, 4) is 0 Å². The first-order valence-electron chi connectivity index (χ1n) is 6.58. The standard InChI is InChI=1S/C15H21FN2/c1-2-8-17-9-3-10-18(12-11-17)13-14-4-6-15(16)7-5-14/h2,4-7H,1,3,8-13H2. The Labute approximate surface area is 109 Å². The normalized spacial score (nSPS) is 18.5. The Balaban J connectivity index is 1.86. The van der Waals surface area contributed by atoms with Gasteiger partial charge in [-0.2, -0.15) is 0 Å². The minimum absolute atomic E-state index is 0.160. The van der Waals surface area contributed by atoms with Crippen LogP contribution in [0.15, 0.2) is 36.9 Å². The van der Waals surface area contributed by atoms with Gasteiger partial charge in [-0.25, -0.2) is 4.39 Å². The van der Waals surface area contributed by atoms with E-state index in [0.717, 1.165) is 39.3 Å². The lowest BCUT2D eigenvalue weighted by Crippen LogP contribution is -2.30. The molecule has 98 valence electrons. The summed E-state index contributed by atoms with van der Waals surface area (Å²) < 4.78 is 12.8. The molecule has 0 saturated carbocycles. The van der Waals surface area contributed by atoms with E-state index in [1.165, 1.54) is 24.1 Å². The quantitative estimate of drug-likeness (QED) is 0.755. The first kappa shape index (κ1) is 13.2. The third-order valence-electron chi connectivity index (χ3n) is 3.39. The molecule has 3 heteroatoms. The Bertz CT molecular complexity index is 375. The highest BCUT2D eigenvalue weighted by atomic mass is 19.1. The van der Waals surface area contributed by atoms with Gasteiger partial charge in [-0.05, 0) is 37.2 Å². The summed E-state index contributed by atoms with van der Waals surface area (Å²) >= 11 is 0. The van der Waals surface area contributed by atoms with Crippen LogP contribution < -0.4 is 0 Å². The van der Waals surface area contributed by atoms with Crippen molar-refractivity contribution in [1.82, 2.24) is 9.80 Å². The fourth-order valence-corrected chi connectivity index (χ4v) is 2.40. The van der Waals surface area contributed by atoms with Crippen LogP contribution in [0.4, 0.5) is 4.39 Å². The Kier molecular flexibility index (Phi) is 4.90. The van der Waals surface area contributed by atoms with Crippen molar-refractivity contribution >= 4 is 0 Å². The second kappa shape index (κ2) is 6.66. The van der Waals surface area contributed by atoms with Crippen LogP contribution in [-0.4, -0.2) is 42.5 Å². The molecule has 0 aromatic heterocycles. The Morgan fingerprint density at radius 1 is 1.06 bits per heavy atom. The zero-order chi connectivity index (χ0) is 12.8. The van der Waals surface area contributed by atoms with Crippen molar-refractivity contribution in [2.24, 2.45) is 0 Å². The lowest BCUT2D eigenvalue weighted by molar-refractivity contribution is 0.262. The SMILES string of the molecule is C=CCN1CCCN(Cc2ccc(F)cc2)CC1. The molecule has 1 heterocycles. The van der Waals surface area contributed by atoms with Crippen molar-refractivity contribution in [3.05, 3.63) is 48.3 Å². The second-order valence-corrected chi connectivity index (χ2v) is 4.85. The molecule has 0 spiro atoms. The number of rotatable bonds is 4. The maximum Gasteiger partial charge on any atom is 0.123 e. The molecule has 1 aromatic carbocycles. The molecule has 1 saturated heterocycles. The van der Waals surface area contributed by atoms with Gasteiger partial charge in [0.15, 0.2) is 0 Å². The van der Waals surface area contributed by atoms with Crippen LogP contribution in [0.5, 0.6) is 0 Å². The lowest BCUT2D eigenvalue weighted by Gasteiger charge is -2.21. The maximum absolute atomic E-state index is 12.8. The predicted octanol–water partition coefficient (Wildman–Crippen LogP) is 2.52. The molecule has 0 N–H and O–H groups in total. The summed E-state index contributed by atoms with van der Waals surface area (Å²) in [6.45, 7) is 10.1. The molecule has 18 heavy (non-hydrogen) atoms. The minimum atomic E-state index is -0.160. The Morgan fingerprint density at radius 2 is 1.72 bits per heavy atom. The zero-order valence-electron chi connectivity index (χ0n) is 10.8. The molecule has 2 nitrogen and oxygen atoms in total. The molecule has 0 unspecified atom stereocenters. The average molecular weight is 248 g/mol. The first-order valence-corrected chi connectivity index (χ1v) is 6.58. The van der Waals surface area contributed by atoms with Gasteiger partial charge in [0, 0.05) is 26.2 Å². The molecule has 0 bridgehead atoms. The molecule has 1 aliphatic rings. The van der Waals surface area contributed by atoms with Crippen molar-refractivity contribution in [3.63, 3.8) is 0 Å². The molecule has 1 aromatic rings. The van der Waals surface area contributed by atoms with Crippen molar-refractivity contribution in [1.29, 1.82) is 0 Å². The fraction of sp³-hybridized carbons (Fsp3) is 0.467. The molecule has 0 aliphatic carbocycles. The fourth-order valence-electron chi connectivity index (χ4n) is 2.40. The Hall–Kier alpha value is -1.19. The largest absolute Gasteiger partial charge is 0.298 e. The predicted molar refractivity (Wildman–Crippen MR) is 72.9 cm³/mol. The topological polar surface area (TPSA) is 6.48 Å². The van der Waals surface area contributed by atoms with E-state index in [9.17, 15) is 4.39 Å². The van der Waals surface area contributed by atoms with Crippen LogP contribution in [0.2, 0.25) is 0 Å². The minimum Gasteiger partial charge on any atom is -0.298 e. The smallest absolute Gasteiger partial charge is 0.123 e. The van der Waals surface area contributed by atoms with E-state index in [2.05, 4.69) is 16.4 Å². The van der Waals surface area contributed by atoms with E-state index in [4.69, 9.17) is 0 Å². The van der Waals surface area contributed by atoms with Gasteiger partial charge in [-0.3, -0.25) is 9.80 Å². The third kappa shape index (κ3) is 3.93. The molecule has 2 rings (SSSR count). The number of hydrogen-bond donors (Lipinski definition) is 0. The van der Waals surface area contributed by atoms with Crippen molar-refractivity contribution < 1.29 is 4.39 Å². The third-order valence-corrected chi connectivity index (χ3v) is 3.39. The lowest BCUT2D eigenvalue weighted by atomic mass is 10.2. The highest BCUT2D eigenvalue weighted by molar-refractivity contribution is 5.15. The summed E-state index contributed by atoms with van der Waals surface area (Å²) in [6.07, 6.45) is 3.16. The van der Waals surface area contributed by atoms with E-state index < -0.39 is 0 Å². The summed E-state index contributed by atoms with van der Waals surface area (Å²) in [7, 11) is 0. The summed E-state index contributed by atoms with van der Waals surface area (Å²) in [5, 5.41) is 0. The molecule has 0 atom stereocenters. The van der Waals surface area contributed by atoms with Crippen LogP contribution >= 0.6 is 0 Å². The Morgan fingerprint density at radius 3 is 2.44 bits per heavy atom. The summed E-state index contributed by atoms with van der Waals surface area (Å²) in [5.74, 6) is -0.160. The molecule has 1 fully saturated rings. The number of halogens is 1. The van der Waals surface area contributed by atoms with Crippen LogP contribution in [0.1, 0.15) is 12.0 Å². The van der Waals surface area contributed by atoms with Gasteiger partial charge >= 0.3 is 0 Å². The van der Waals surface area contributed by atoms with Crippen molar-refractivity contribution in [2.45, 2.75) is 13.0 Å². The van der Waals surface area contributed by atoms with E-state index in [-0.39, 0.29) is 5.82 Å². The summed E-state index contributed by atoms with van der Waals surface area (Å²) in [5.41, 5.74) is 1.19. The molecule has 0 amide bonds. The molecular formula is C15H21FN2. The molecule has 1 aliphatic heterocycles. The van der Waals surface area contributed by atoms with E-state index >= 15 is 0 Å². The van der Waals surface area contributed by atoms with E-state index in [1.54, 1.807) is 0 Å². The first-order chi connectivity index (χ1) is 8.78. The van der Waals surface area contributed by atoms with Gasteiger partial charge in [0.1, 0.15) is 5.82 Å². The van der Waals surface area contributed by atoms with Crippen LogP contribution in [-0.2, 0) is 6.54 Å². The van der Waals surface area contributed by atoms with Crippen LogP contribution in [0.3, 0.4) is 0 Å². The van der Waals surface area contributed by atoms with Gasteiger partial charge in [-0.15, -0.1) is 6.58 Å². The van der Waals surface area contributed by atoms with Crippen LogP contribution in [0.25, 0.3) is 0 Å². The number of hydrogen-bond acceptors (Lipinski definition) is 2. The molecular weight excluding hydrogens is 227 g/mol.